The second kappa shape index (κ2) is 15.9. The van der Waals surface area contributed by atoms with E-state index in [2.05, 4.69) is 233 Å². The third-order valence-electron chi connectivity index (χ3n) is 14.2. The zero-order chi connectivity index (χ0) is 44.8. The molecule has 0 unspecified atom stereocenters. The summed E-state index contributed by atoms with van der Waals surface area (Å²) in [6.45, 7) is 6.95. The van der Waals surface area contributed by atoms with Crippen molar-refractivity contribution in [3.63, 3.8) is 0 Å². The number of hydrogen-bond acceptors (Lipinski definition) is 3. The van der Waals surface area contributed by atoms with E-state index >= 15 is 0 Å². The van der Waals surface area contributed by atoms with Gasteiger partial charge in [0.25, 0.3) is 0 Å². The molecule has 0 spiro atoms. The first kappa shape index (κ1) is 40.4. The van der Waals surface area contributed by atoms with Crippen LogP contribution in [0, 0.1) is 20.8 Å². The van der Waals surface area contributed by atoms with E-state index in [9.17, 15) is 0 Å². The summed E-state index contributed by atoms with van der Waals surface area (Å²) in [6.07, 6.45) is 0. The van der Waals surface area contributed by atoms with E-state index in [1.165, 1.54) is 131 Å². The van der Waals surface area contributed by atoms with Crippen molar-refractivity contribution in [1.29, 1.82) is 0 Å². The fourth-order valence-corrected chi connectivity index (χ4v) is 19.3. The van der Waals surface area contributed by atoms with Crippen LogP contribution in [-0.2, 0) is 0 Å². The molecule has 0 aliphatic carbocycles. The van der Waals surface area contributed by atoms with Gasteiger partial charge in [0.1, 0.15) is 0 Å². The molecule has 0 aliphatic rings. The van der Waals surface area contributed by atoms with Gasteiger partial charge in [0.15, 0.2) is 8.07 Å². The number of benzene rings is 10. The molecule has 0 bridgehead atoms. The third-order valence-corrected chi connectivity index (χ3v) is 22.4. The van der Waals surface area contributed by atoms with Crippen LogP contribution in [0.15, 0.2) is 212 Å². The van der Waals surface area contributed by atoms with Crippen LogP contribution < -0.4 is 20.7 Å². The molecular weight excluding hydrogens is 881 g/mol. The summed E-state index contributed by atoms with van der Waals surface area (Å²) in [7, 11) is -2.97. The van der Waals surface area contributed by atoms with Gasteiger partial charge >= 0.3 is 0 Å². The monoisotopic (exact) mass is 924 g/mol. The highest BCUT2D eigenvalue weighted by atomic mass is 32.1. The molecule has 0 N–H and O–H groups in total. The Hall–Kier alpha value is -6.92. The Kier molecular flexibility index (Phi) is 9.56. The number of fused-ring (bicyclic) bond motifs is 9. The van der Waals surface area contributed by atoms with Crippen LogP contribution in [0.2, 0.25) is 0 Å². The van der Waals surface area contributed by atoms with Crippen molar-refractivity contribution in [2.24, 2.45) is 0 Å². The molecule has 0 saturated carbocycles. The molecule has 13 rings (SSSR count). The summed E-state index contributed by atoms with van der Waals surface area (Å²) in [6, 6.07) is 81.2. The first-order chi connectivity index (χ1) is 32.9. The molecule has 0 fully saturated rings. The molecule has 0 radical (unpaired) electrons. The highest BCUT2D eigenvalue weighted by Gasteiger charge is 2.42. The standard InChI is InChI=1S/C63H44S3Si/c1-39-33-46(24-27-49(39)42-21-30-61-55(36-42)52-15-7-10-18-58(52)64-61)67(45-13-5-4-6-14-45,47-25-28-50(40(2)34-47)43-22-31-62-56(37-43)53-16-8-11-19-59(53)65-62)48-26-29-51(41(3)35-48)44-23-32-63-57(38-44)54-17-9-12-20-60(54)66-63/h4-38H,1-3H3. The first-order valence-corrected chi connectivity index (χ1v) is 27.5. The van der Waals surface area contributed by atoms with Gasteiger partial charge in [0, 0.05) is 60.5 Å². The zero-order valence-electron chi connectivity index (χ0n) is 37.4. The van der Waals surface area contributed by atoms with Gasteiger partial charge in [0.2, 0.25) is 0 Å². The van der Waals surface area contributed by atoms with Crippen LogP contribution >= 0.6 is 34.0 Å². The Morgan fingerprint density at radius 3 is 0.910 bits per heavy atom. The summed E-state index contributed by atoms with van der Waals surface area (Å²) < 4.78 is 8.01. The second-order valence-corrected chi connectivity index (χ2v) is 25.2. The molecule has 0 nitrogen and oxygen atoms in total. The van der Waals surface area contributed by atoms with Crippen molar-refractivity contribution in [1.82, 2.24) is 0 Å². The Morgan fingerprint density at radius 2 is 0.567 bits per heavy atom. The fourth-order valence-electron chi connectivity index (χ4n) is 11.0. The van der Waals surface area contributed by atoms with Gasteiger partial charge in [-0.25, -0.2) is 0 Å². The Bertz CT molecular complexity index is 3700. The summed E-state index contributed by atoms with van der Waals surface area (Å²) in [5.74, 6) is 0. The molecule has 0 atom stereocenters. The van der Waals surface area contributed by atoms with Gasteiger partial charge in [-0.2, -0.15) is 0 Å². The number of hydrogen-bond donors (Lipinski definition) is 0. The minimum absolute atomic E-state index is 1.26. The van der Waals surface area contributed by atoms with Crippen molar-refractivity contribution >= 4 is 123 Å². The van der Waals surface area contributed by atoms with Gasteiger partial charge in [-0.15, -0.1) is 34.0 Å². The molecule has 318 valence electrons. The van der Waals surface area contributed by atoms with Gasteiger partial charge in [-0.05, 0) is 146 Å². The maximum absolute atomic E-state index is 2.97. The SMILES string of the molecule is Cc1cc([Si](c2ccccc2)(c2ccc(-c3ccc4sc5ccccc5c4c3)c(C)c2)c2ccc(-c3ccc4sc5ccccc5c4c3)c(C)c2)ccc1-c1ccc2sc3ccccc3c2c1. The summed E-state index contributed by atoms with van der Waals surface area (Å²) in [4.78, 5) is 0. The molecule has 0 aliphatic heterocycles. The van der Waals surface area contributed by atoms with Crippen LogP contribution in [0.5, 0.6) is 0 Å². The van der Waals surface area contributed by atoms with E-state index in [0.717, 1.165) is 0 Å². The van der Waals surface area contributed by atoms with E-state index in [1.807, 2.05) is 34.0 Å². The van der Waals surface area contributed by atoms with Crippen LogP contribution in [0.4, 0.5) is 0 Å². The molecule has 67 heavy (non-hydrogen) atoms. The largest absolute Gasteiger partial charge is 0.179 e. The van der Waals surface area contributed by atoms with Gasteiger partial charge < -0.3 is 0 Å². The van der Waals surface area contributed by atoms with Gasteiger partial charge in [0.05, 0.1) is 0 Å². The smallest absolute Gasteiger partial charge is 0.135 e. The predicted molar refractivity (Wildman–Crippen MR) is 299 cm³/mol. The van der Waals surface area contributed by atoms with E-state index in [-0.39, 0.29) is 0 Å². The highest BCUT2D eigenvalue weighted by Crippen LogP contribution is 2.40. The first-order valence-electron chi connectivity index (χ1n) is 23.0. The van der Waals surface area contributed by atoms with Crippen molar-refractivity contribution in [3.8, 4) is 33.4 Å². The Morgan fingerprint density at radius 1 is 0.254 bits per heavy atom. The van der Waals surface area contributed by atoms with Crippen LogP contribution in [0.3, 0.4) is 0 Å². The van der Waals surface area contributed by atoms with E-state index < -0.39 is 8.07 Å². The second-order valence-electron chi connectivity index (χ2n) is 18.1. The molecule has 10 aromatic carbocycles. The zero-order valence-corrected chi connectivity index (χ0v) is 40.9. The maximum atomic E-state index is 2.53. The summed E-state index contributed by atoms with van der Waals surface area (Å²) in [5, 5.41) is 13.5. The quantitative estimate of drug-likeness (QED) is 0.110. The lowest BCUT2D eigenvalue weighted by Crippen LogP contribution is -2.74. The normalized spacial score (nSPS) is 12.1. The average molecular weight is 925 g/mol. The summed E-state index contributed by atoms with van der Waals surface area (Å²) in [5.41, 5.74) is 11.5. The molecule has 3 aromatic heterocycles. The van der Waals surface area contributed by atoms with Crippen molar-refractivity contribution in [2.75, 3.05) is 0 Å². The minimum Gasteiger partial charge on any atom is -0.135 e. The number of thiophene rings is 3. The van der Waals surface area contributed by atoms with Crippen LogP contribution in [-0.4, -0.2) is 8.07 Å². The lowest BCUT2D eigenvalue weighted by Gasteiger charge is -2.36. The molecule has 13 aromatic rings. The van der Waals surface area contributed by atoms with E-state index in [4.69, 9.17) is 0 Å². The lowest BCUT2D eigenvalue weighted by atomic mass is 9.98. The Labute approximate surface area is 403 Å². The van der Waals surface area contributed by atoms with Gasteiger partial charge in [-0.3, -0.25) is 0 Å². The molecule has 3 heterocycles. The summed E-state index contributed by atoms with van der Waals surface area (Å²) >= 11 is 5.63. The third kappa shape index (κ3) is 6.50. The van der Waals surface area contributed by atoms with Crippen molar-refractivity contribution < 1.29 is 0 Å². The average Bonchev–Trinajstić information content (AvgIpc) is 4.05. The lowest BCUT2D eigenvalue weighted by molar-refractivity contribution is 1.46. The van der Waals surface area contributed by atoms with E-state index in [1.54, 1.807) is 0 Å². The highest BCUT2D eigenvalue weighted by molar-refractivity contribution is 7.26. The number of rotatable bonds is 7. The topological polar surface area (TPSA) is 0 Å². The van der Waals surface area contributed by atoms with E-state index in [0.29, 0.717) is 0 Å². The minimum atomic E-state index is -2.97. The molecular formula is C63H44S3Si. The van der Waals surface area contributed by atoms with Gasteiger partial charge in [-0.1, -0.05) is 158 Å². The van der Waals surface area contributed by atoms with Crippen molar-refractivity contribution in [3.05, 3.63) is 229 Å². The molecule has 4 heteroatoms. The maximum Gasteiger partial charge on any atom is 0.179 e. The molecule has 0 amide bonds. The fraction of sp³-hybridized carbons (Fsp3) is 0.0476. The number of aryl methyl sites for hydroxylation is 3. The van der Waals surface area contributed by atoms with Crippen LogP contribution in [0.25, 0.3) is 93.9 Å². The molecule has 0 saturated heterocycles. The Balaban J connectivity index is 1.01. The predicted octanol–water partition coefficient (Wildman–Crippen LogP) is 16.1. The van der Waals surface area contributed by atoms with Crippen LogP contribution in [0.1, 0.15) is 16.7 Å². The van der Waals surface area contributed by atoms with Crippen molar-refractivity contribution in [2.45, 2.75) is 20.8 Å².